The molecule has 0 atom stereocenters. The Hall–Kier alpha value is -0.801. The van der Waals surface area contributed by atoms with E-state index in [2.05, 4.69) is 74.4 Å². The van der Waals surface area contributed by atoms with Gasteiger partial charge in [-0.15, -0.1) is 23.5 Å². The fourth-order valence-corrected chi connectivity index (χ4v) is 2.30. The second-order valence-electron chi connectivity index (χ2n) is 7.82. The molecular weight excluding hydrogens is 375 g/mol. The quantitative estimate of drug-likeness (QED) is 0.328. The second kappa shape index (κ2) is 19.9. The fraction of sp³-hybridized carbons (Fsp3) is 0.818. The number of rotatable bonds is 12. The van der Waals surface area contributed by atoms with Gasteiger partial charge in [0.1, 0.15) is 0 Å². The van der Waals surface area contributed by atoms with Crippen LogP contribution in [0.3, 0.4) is 0 Å². The maximum atomic E-state index is 4.57. The average molecular weight is 422 g/mol. The third kappa shape index (κ3) is 25.2. The van der Waals surface area contributed by atoms with Crippen LogP contribution in [0.2, 0.25) is 0 Å². The van der Waals surface area contributed by atoms with Crippen LogP contribution in [0.4, 0.5) is 0 Å². The van der Waals surface area contributed by atoms with Gasteiger partial charge in [-0.3, -0.25) is 0 Å². The zero-order valence-electron chi connectivity index (χ0n) is 19.7. The molecule has 0 unspecified atom stereocenters. The summed E-state index contributed by atoms with van der Waals surface area (Å²) in [6.07, 6.45) is 11.4. The minimum Gasteiger partial charge on any atom is -0.684 e. The van der Waals surface area contributed by atoms with Crippen LogP contribution in [0.25, 0.3) is 10.6 Å². The zero-order chi connectivity index (χ0) is 20.5. The molecule has 0 fully saturated rings. The Kier molecular flexibility index (Phi) is 22.8. The van der Waals surface area contributed by atoms with Crippen LogP contribution >= 0.6 is 0 Å². The number of nitrogens with zero attached hydrogens (tertiary/aromatic N) is 4. The minimum absolute atomic E-state index is 0. The van der Waals surface area contributed by atoms with Gasteiger partial charge in [0.25, 0.3) is 0 Å². The molecule has 0 aliphatic rings. The first-order chi connectivity index (χ1) is 12.1. The molecule has 0 aromatic rings. The zero-order valence-corrected chi connectivity index (χ0v) is 20.9. The molecule has 4 nitrogen and oxygen atoms in total. The van der Waals surface area contributed by atoms with Gasteiger partial charge < -0.3 is 20.4 Å². The fourth-order valence-electron chi connectivity index (χ4n) is 2.30. The van der Waals surface area contributed by atoms with Crippen molar-refractivity contribution < 1.29 is 17.1 Å². The van der Waals surface area contributed by atoms with E-state index >= 15 is 0 Å². The van der Waals surface area contributed by atoms with E-state index < -0.39 is 0 Å². The Bertz CT molecular complexity index is 339. The molecule has 0 aromatic carbocycles. The molecule has 0 N–H and O–H groups in total. The maximum absolute atomic E-state index is 4.57. The summed E-state index contributed by atoms with van der Waals surface area (Å²) < 4.78 is 0. The Morgan fingerprint density at radius 3 is 1.19 bits per heavy atom. The Labute approximate surface area is 181 Å². The molecule has 0 spiro atoms. The molecule has 5 heteroatoms. The predicted octanol–water partition coefficient (Wildman–Crippen LogP) is 6.72. The molecule has 0 heterocycles. The second-order valence-corrected chi connectivity index (χ2v) is 7.82. The molecule has 0 bridgehead atoms. The number of allylic oxidation sites excluding steroid dienone is 2. The van der Waals surface area contributed by atoms with Crippen LogP contribution in [0, 0.1) is 0 Å². The molecule has 0 amide bonds. The average Bonchev–Trinajstić information content (AvgIpc) is 2.48. The molecule has 0 aliphatic heterocycles. The van der Waals surface area contributed by atoms with Gasteiger partial charge in [-0.1, -0.05) is 67.2 Å². The van der Waals surface area contributed by atoms with Gasteiger partial charge >= 0.3 is 17.1 Å². The van der Waals surface area contributed by atoms with Gasteiger partial charge in [-0.25, -0.2) is 0 Å². The van der Waals surface area contributed by atoms with Crippen molar-refractivity contribution in [2.45, 2.75) is 92.2 Å². The maximum Gasteiger partial charge on any atom is 2.00 e. The normalized spacial score (nSPS) is 11.6. The van der Waals surface area contributed by atoms with Crippen LogP contribution in [0.5, 0.6) is 0 Å². The van der Waals surface area contributed by atoms with Crippen molar-refractivity contribution in [2.75, 3.05) is 28.2 Å². The SMILES string of the molecule is CCCC/C(=C/N(C)C)[N-]C(C)C.CCCC/C(=C/N(C)C)[N-]C(C)C.[Mn+2]. The van der Waals surface area contributed by atoms with E-state index in [1.165, 1.54) is 37.1 Å². The van der Waals surface area contributed by atoms with Crippen molar-refractivity contribution in [3.8, 4) is 0 Å². The Morgan fingerprint density at radius 1 is 0.704 bits per heavy atom. The third-order valence-electron chi connectivity index (χ3n) is 3.24. The van der Waals surface area contributed by atoms with Gasteiger partial charge in [0, 0.05) is 28.2 Å². The topological polar surface area (TPSA) is 34.7 Å². The van der Waals surface area contributed by atoms with E-state index in [-0.39, 0.29) is 17.1 Å². The van der Waals surface area contributed by atoms with E-state index in [4.69, 9.17) is 0 Å². The van der Waals surface area contributed by atoms with Crippen molar-refractivity contribution >= 4 is 0 Å². The van der Waals surface area contributed by atoms with E-state index in [9.17, 15) is 0 Å². The summed E-state index contributed by atoms with van der Waals surface area (Å²) in [6.45, 7) is 12.9. The summed E-state index contributed by atoms with van der Waals surface area (Å²) in [5, 5.41) is 9.15. The number of hydrogen-bond acceptors (Lipinski definition) is 2. The minimum atomic E-state index is 0. The molecule has 0 aliphatic carbocycles. The van der Waals surface area contributed by atoms with Crippen molar-refractivity contribution in [2.24, 2.45) is 0 Å². The molecule has 0 aromatic heterocycles. The van der Waals surface area contributed by atoms with Crippen LogP contribution in [-0.2, 0) is 17.1 Å². The molecular formula is C22H46MnN4. The largest absolute Gasteiger partial charge is 2.00 e. The summed E-state index contributed by atoms with van der Waals surface area (Å²) in [5.41, 5.74) is 2.45. The summed E-state index contributed by atoms with van der Waals surface area (Å²) >= 11 is 0. The van der Waals surface area contributed by atoms with Crippen molar-refractivity contribution in [3.63, 3.8) is 0 Å². The van der Waals surface area contributed by atoms with Gasteiger partial charge in [0.05, 0.1) is 0 Å². The van der Waals surface area contributed by atoms with E-state index in [0.717, 1.165) is 12.8 Å². The van der Waals surface area contributed by atoms with Crippen LogP contribution in [0.15, 0.2) is 23.8 Å². The molecule has 0 saturated heterocycles. The van der Waals surface area contributed by atoms with Crippen LogP contribution in [-0.4, -0.2) is 50.1 Å². The number of hydrogen-bond donors (Lipinski definition) is 0. The summed E-state index contributed by atoms with van der Waals surface area (Å²) in [5.74, 6) is 0. The van der Waals surface area contributed by atoms with Gasteiger partial charge in [0.2, 0.25) is 0 Å². The van der Waals surface area contributed by atoms with E-state index in [0.29, 0.717) is 12.1 Å². The standard InChI is InChI=1S/2C11H23N2.Mn/c2*1-6-7-8-11(9-13(4)5)12-10(2)3;/h2*9-10H,6-8H2,1-5H3;/q2*-1;+2/b2*11-9-;. The van der Waals surface area contributed by atoms with Crippen LogP contribution in [0.1, 0.15) is 80.1 Å². The first kappa shape index (κ1) is 30.9. The van der Waals surface area contributed by atoms with E-state index in [1.807, 2.05) is 28.2 Å². The predicted molar refractivity (Wildman–Crippen MR) is 120 cm³/mol. The smallest absolute Gasteiger partial charge is 0.684 e. The number of unbranched alkanes of at least 4 members (excludes halogenated alkanes) is 2. The first-order valence-electron chi connectivity index (χ1n) is 10.3. The summed E-state index contributed by atoms with van der Waals surface area (Å²) in [4.78, 5) is 4.13. The summed E-state index contributed by atoms with van der Waals surface area (Å²) in [7, 11) is 8.17. The van der Waals surface area contributed by atoms with Gasteiger partial charge in [-0.2, -0.15) is 0 Å². The molecule has 27 heavy (non-hydrogen) atoms. The van der Waals surface area contributed by atoms with Crippen molar-refractivity contribution in [1.29, 1.82) is 0 Å². The van der Waals surface area contributed by atoms with Crippen molar-refractivity contribution in [3.05, 3.63) is 34.4 Å². The monoisotopic (exact) mass is 421 g/mol. The molecule has 0 saturated carbocycles. The Morgan fingerprint density at radius 2 is 1.00 bits per heavy atom. The summed E-state index contributed by atoms with van der Waals surface area (Å²) in [6, 6.07) is 0.811. The third-order valence-corrected chi connectivity index (χ3v) is 3.24. The Balaban J connectivity index is -0.000000411. The molecule has 161 valence electrons. The van der Waals surface area contributed by atoms with E-state index in [1.54, 1.807) is 0 Å². The van der Waals surface area contributed by atoms with Gasteiger partial charge in [-0.05, 0) is 25.2 Å². The first-order valence-corrected chi connectivity index (χ1v) is 10.3. The van der Waals surface area contributed by atoms with Crippen LogP contribution < -0.4 is 0 Å². The molecule has 0 rings (SSSR count). The van der Waals surface area contributed by atoms with Crippen molar-refractivity contribution in [1.82, 2.24) is 9.80 Å². The van der Waals surface area contributed by atoms with Gasteiger partial charge in [0.15, 0.2) is 0 Å². The molecule has 1 radical (unpaired) electrons.